The van der Waals surface area contributed by atoms with Crippen LogP contribution in [0.5, 0.6) is 5.75 Å². The summed E-state index contributed by atoms with van der Waals surface area (Å²) in [5, 5.41) is 4.27. The van der Waals surface area contributed by atoms with Gasteiger partial charge in [0.25, 0.3) is 5.91 Å². The third-order valence-corrected chi connectivity index (χ3v) is 4.14. The Bertz CT molecular complexity index is 484. The zero-order valence-corrected chi connectivity index (χ0v) is 13.7. The van der Waals surface area contributed by atoms with Gasteiger partial charge in [0, 0.05) is 23.1 Å². The lowest BCUT2D eigenvalue weighted by molar-refractivity contribution is -0.139. The SMILES string of the molecule is CC(Oc1cc(Cl)cc(Cl)c1)C(=O)N(C)C1CCNCC1. The summed E-state index contributed by atoms with van der Waals surface area (Å²) in [6.07, 6.45) is 1.37. The molecule has 0 radical (unpaired) electrons. The van der Waals surface area contributed by atoms with E-state index in [2.05, 4.69) is 5.32 Å². The normalized spacial score (nSPS) is 17.3. The van der Waals surface area contributed by atoms with Crippen LogP contribution in [-0.4, -0.2) is 43.1 Å². The van der Waals surface area contributed by atoms with Crippen LogP contribution in [0.3, 0.4) is 0 Å². The molecular weight excluding hydrogens is 311 g/mol. The van der Waals surface area contributed by atoms with Gasteiger partial charge in [0.2, 0.25) is 0 Å². The number of nitrogens with one attached hydrogen (secondary N) is 1. The van der Waals surface area contributed by atoms with Gasteiger partial charge in [-0.1, -0.05) is 23.2 Å². The maximum absolute atomic E-state index is 12.4. The Hall–Kier alpha value is -0.970. The monoisotopic (exact) mass is 330 g/mol. The zero-order valence-electron chi connectivity index (χ0n) is 12.2. The van der Waals surface area contributed by atoms with Crippen molar-refractivity contribution in [3.05, 3.63) is 28.2 Å². The third-order valence-electron chi connectivity index (χ3n) is 3.70. The molecule has 2 rings (SSSR count). The molecule has 1 unspecified atom stereocenters. The highest BCUT2D eigenvalue weighted by molar-refractivity contribution is 6.34. The predicted molar refractivity (Wildman–Crippen MR) is 85.2 cm³/mol. The van der Waals surface area contributed by atoms with Crippen molar-refractivity contribution in [3.63, 3.8) is 0 Å². The van der Waals surface area contributed by atoms with E-state index in [9.17, 15) is 4.79 Å². The lowest BCUT2D eigenvalue weighted by Crippen LogP contribution is -2.48. The Morgan fingerprint density at radius 3 is 2.43 bits per heavy atom. The molecule has 1 amide bonds. The molecule has 1 aromatic rings. The Kier molecular flexibility index (Phi) is 5.73. The highest BCUT2D eigenvalue weighted by atomic mass is 35.5. The van der Waals surface area contributed by atoms with E-state index in [0.29, 0.717) is 15.8 Å². The number of nitrogens with zero attached hydrogens (tertiary/aromatic N) is 1. The van der Waals surface area contributed by atoms with Crippen molar-refractivity contribution in [1.29, 1.82) is 0 Å². The third kappa shape index (κ3) is 4.50. The van der Waals surface area contributed by atoms with Gasteiger partial charge < -0.3 is 15.0 Å². The molecule has 0 aromatic heterocycles. The van der Waals surface area contributed by atoms with Gasteiger partial charge in [0.15, 0.2) is 6.10 Å². The summed E-state index contributed by atoms with van der Waals surface area (Å²) in [6.45, 7) is 3.64. The summed E-state index contributed by atoms with van der Waals surface area (Å²) in [5.74, 6) is 0.477. The smallest absolute Gasteiger partial charge is 0.263 e. The number of halogens is 2. The number of amides is 1. The number of ether oxygens (including phenoxy) is 1. The molecule has 0 aliphatic carbocycles. The van der Waals surface area contributed by atoms with Gasteiger partial charge in [0.1, 0.15) is 5.75 Å². The van der Waals surface area contributed by atoms with Crippen LogP contribution in [0, 0.1) is 0 Å². The highest BCUT2D eigenvalue weighted by Crippen LogP contribution is 2.25. The summed E-state index contributed by atoms with van der Waals surface area (Å²) in [5.41, 5.74) is 0. The van der Waals surface area contributed by atoms with Crippen LogP contribution in [0.1, 0.15) is 19.8 Å². The second-order valence-electron chi connectivity index (χ2n) is 5.30. The standard InChI is InChI=1S/C15H20Cl2N2O2/c1-10(21-14-8-11(16)7-12(17)9-14)15(20)19(2)13-3-5-18-6-4-13/h7-10,13,18H,3-6H2,1-2H3. The fraction of sp³-hybridized carbons (Fsp3) is 0.533. The Labute approximate surface area is 135 Å². The molecule has 0 saturated carbocycles. The van der Waals surface area contributed by atoms with Gasteiger partial charge in [-0.3, -0.25) is 4.79 Å². The first-order chi connectivity index (χ1) is 9.97. The molecule has 1 N–H and O–H groups in total. The molecule has 21 heavy (non-hydrogen) atoms. The number of benzene rings is 1. The van der Waals surface area contributed by atoms with E-state index < -0.39 is 6.10 Å². The quantitative estimate of drug-likeness (QED) is 0.922. The molecule has 0 bridgehead atoms. The number of carbonyl (C=O) groups is 1. The minimum absolute atomic E-state index is 0.0296. The lowest BCUT2D eigenvalue weighted by atomic mass is 10.0. The van der Waals surface area contributed by atoms with Crippen molar-refractivity contribution < 1.29 is 9.53 Å². The van der Waals surface area contributed by atoms with Crippen LogP contribution in [0.4, 0.5) is 0 Å². The predicted octanol–water partition coefficient (Wildman–Crippen LogP) is 2.97. The minimum Gasteiger partial charge on any atom is -0.481 e. The Morgan fingerprint density at radius 1 is 1.29 bits per heavy atom. The zero-order chi connectivity index (χ0) is 15.4. The van der Waals surface area contributed by atoms with E-state index in [-0.39, 0.29) is 11.9 Å². The van der Waals surface area contributed by atoms with E-state index in [0.717, 1.165) is 25.9 Å². The molecule has 6 heteroatoms. The maximum atomic E-state index is 12.4. The first-order valence-electron chi connectivity index (χ1n) is 7.07. The first kappa shape index (κ1) is 16.4. The van der Waals surface area contributed by atoms with Gasteiger partial charge in [-0.15, -0.1) is 0 Å². The van der Waals surface area contributed by atoms with E-state index in [1.165, 1.54) is 0 Å². The average molecular weight is 331 g/mol. The van der Waals surface area contributed by atoms with Crippen molar-refractivity contribution in [1.82, 2.24) is 10.2 Å². The highest BCUT2D eigenvalue weighted by Gasteiger charge is 2.26. The van der Waals surface area contributed by atoms with Crippen molar-refractivity contribution in [2.45, 2.75) is 31.9 Å². The summed E-state index contributed by atoms with van der Waals surface area (Å²) in [7, 11) is 1.84. The van der Waals surface area contributed by atoms with E-state index in [1.807, 2.05) is 7.05 Å². The van der Waals surface area contributed by atoms with E-state index in [1.54, 1.807) is 30.0 Å². The summed E-state index contributed by atoms with van der Waals surface area (Å²) in [4.78, 5) is 14.2. The van der Waals surface area contributed by atoms with Crippen molar-refractivity contribution in [2.24, 2.45) is 0 Å². The van der Waals surface area contributed by atoms with Crippen LogP contribution >= 0.6 is 23.2 Å². The Balaban J connectivity index is 1.98. The van der Waals surface area contributed by atoms with Crippen molar-refractivity contribution >= 4 is 29.1 Å². The molecule has 1 atom stereocenters. The summed E-state index contributed by atoms with van der Waals surface area (Å²) >= 11 is 11.9. The number of carbonyl (C=O) groups excluding carboxylic acids is 1. The topological polar surface area (TPSA) is 41.6 Å². The molecule has 4 nitrogen and oxygen atoms in total. The number of likely N-dealkylation sites (N-methyl/N-ethyl adjacent to an activating group) is 1. The number of rotatable bonds is 4. The van der Waals surface area contributed by atoms with E-state index >= 15 is 0 Å². The molecule has 116 valence electrons. The fourth-order valence-electron chi connectivity index (χ4n) is 2.51. The van der Waals surface area contributed by atoms with Crippen molar-refractivity contribution in [3.8, 4) is 5.75 Å². The number of hydrogen-bond acceptors (Lipinski definition) is 3. The first-order valence-corrected chi connectivity index (χ1v) is 7.83. The lowest BCUT2D eigenvalue weighted by Gasteiger charge is -2.33. The van der Waals surface area contributed by atoms with Crippen LogP contribution < -0.4 is 10.1 Å². The minimum atomic E-state index is -0.570. The summed E-state index contributed by atoms with van der Waals surface area (Å²) in [6, 6.07) is 5.21. The molecule has 1 aromatic carbocycles. The van der Waals surface area contributed by atoms with Gasteiger partial charge in [-0.2, -0.15) is 0 Å². The second kappa shape index (κ2) is 7.34. The van der Waals surface area contributed by atoms with Gasteiger partial charge in [0.05, 0.1) is 0 Å². The van der Waals surface area contributed by atoms with Gasteiger partial charge >= 0.3 is 0 Å². The largest absolute Gasteiger partial charge is 0.481 e. The summed E-state index contributed by atoms with van der Waals surface area (Å²) < 4.78 is 5.67. The second-order valence-corrected chi connectivity index (χ2v) is 6.17. The molecule has 1 heterocycles. The maximum Gasteiger partial charge on any atom is 0.263 e. The van der Waals surface area contributed by atoms with Crippen LogP contribution in [0.2, 0.25) is 10.0 Å². The number of piperidine rings is 1. The molecule has 0 spiro atoms. The van der Waals surface area contributed by atoms with Gasteiger partial charge in [-0.05, 0) is 51.1 Å². The fourth-order valence-corrected chi connectivity index (χ4v) is 3.02. The molecule has 1 aliphatic rings. The molecule has 1 saturated heterocycles. The van der Waals surface area contributed by atoms with Crippen molar-refractivity contribution in [2.75, 3.05) is 20.1 Å². The Morgan fingerprint density at radius 2 is 1.86 bits per heavy atom. The van der Waals surface area contributed by atoms with Crippen LogP contribution in [0.15, 0.2) is 18.2 Å². The molecular formula is C15H20Cl2N2O2. The molecule has 1 fully saturated rings. The average Bonchev–Trinajstić information content (AvgIpc) is 2.45. The number of hydrogen-bond donors (Lipinski definition) is 1. The molecule has 1 aliphatic heterocycles. The van der Waals surface area contributed by atoms with E-state index in [4.69, 9.17) is 27.9 Å². The van der Waals surface area contributed by atoms with Gasteiger partial charge in [-0.25, -0.2) is 0 Å². The van der Waals surface area contributed by atoms with Crippen LogP contribution in [-0.2, 0) is 4.79 Å². The van der Waals surface area contributed by atoms with Crippen LogP contribution in [0.25, 0.3) is 0 Å².